The van der Waals surface area contributed by atoms with Crippen LogP contribution >= 0.6 is 0 Å². The number of nitrogens with zero attached hydrogens (tertiary/aromatic N) is 2. The third-order valence-corrected chi connectivity index (χ3v) is 10.5. The molecule has 2 aliphatic rings. The molecule has 0 unspecified atom stereocenters. The van der Waals surface area contributed by atoms with Crippen molar-refractivity contribution in [1.82, 2.24) is 25.8 Å². The molecule has 2 aliphatic heterocycles. The van der Waals surface area contributed by atoms with Gasteiger partial charge >= 0.3 is 0 Å². The molecule has 2 heterocycles. The monoisotopic (exact) mass is 805 g/mol. The number of aryl methyl sites for hydroxylation is 1. The third kappa shape index (κ3) is 15.2. The molecule has 58 heavy (non-hydrogen) atoms. The van der Waals surface area contributed by atoms with Crippen LogP contribution in [0.1, 0.15) is 85.3 Å². The Kier molecular flexibility index (Phi) is 18.3. The molecule has 0 aliphatic carbocycles. The molecule has 2 aromatic carbocycles. The van der Waals surface area contributed by atoms with Gasteiger partial charge in [0, 0.05) is 19.5 Å². The van der Waals surface area contributed by atoms with Gasteiger partial charge in [0.1, 0.15) is 30.5 Å². The van der Waals surface area contributed by atoms with Crippen molar-refractivity contribution < 1.29 is 38.2 Å². The molecule has 3 N–H and O–H groups in total. The van der Waals surface area contributed by atoms with Gasteiger partial charge in [-0.05, 0) is 75.8 Å². The molecule has 320 valence electrons. The quantitative estimate of drug-likeness (QED) is 0.105. The minimum atomic E-state index is -1.07. The zero-order valence-electron chi connectivity index (χ0n) is 35.7. The van der Waals surface area contributed by atoms with Crippen LogP contribution < -0.4 is 16.0 Å². The Labute approximate surface area is 345 Å². The Morgan fingerprint density at radius 3 is 1.93 bits per heavy atom. The maximum absolute atomic E-state index is 14.9. The van der Waals surface area contributed by atoms with Gasteiger partial charge in [-0.3, -0.25) is 28.9 Å². The number of ether oxygens (including phenoxy) is 3. The highest BCUT2D eigenvalue weighted by Crippen LogP contribution is 2.30. The lowest BCUT2D eigenvalue weighted by atomic mass is 9.93. The molecule has 2 fully saturated rings. The molecule has 0 bridgehead atoms. The second-order valence-corrected chi connectivity index (χ2v) is 17.0. The topological polar surface area (TPSA) is 159 Å². The van der Waals surface area contributed by atoms with E-state index >= 15 is 0 Å². The van der Waals surface area contributed by atoms with Crippen molar-refractivity contribution in [3.8, 4) is 0 Å². The van der Waals surface area contributed by atoms with E-state index in [1.54, 1.807) is 6.92 Å². The van der Waals surface area contributed by atoms with Crippen LogP contribution in [0.25, 0.3) is 0 Å². The highest BCUT2D eigenvalue weighted by molar-refractivity contribution is 5.98. The van der Waals surface area contributed by atoms with Crippen molar-refractivity contribution in [3.63, 3.8) is 0 Å². The first-order valence-corrected chi connectivity index (χ1v) is 21.0. The number of hydrogen-bond acceptors (Lipinski definition) is 9. The van der Waals surface area contributed by atoms with E-state index in [1.807, 2.05) is 107 Å². The van der Waals surface area contributed by atoms with Crippen molar-refractivity contribution in [2.45, 2.75) is 123 Å². The second kappa shape index (κ2) is 22.8. The van der Waals surface area contributed by atoms with Crippen LogP contribution in [-0.2, 0) is 51.0 Å². The Morgan fingerprint density at radius 1 is 0.759 bits per heavy atom. The first-order chi connectivity index (χ1) is 27.6. The Hall–Kier alpha value is -4.17. The maximum atomic E-state index is 14.9. The van der Waals surface area contributed by atoms with Crippen LogP contribution in [0.5, 0.6) is 0 Å². The van der Waals surface area contributed by atoms with Gasteiger partial charge in [-0.2, -0.15) is 0 Å². The molecule has 0 saturated carbocycles. The van der Waals surface area contributed by atoms with Gasteiger partial charge in [0.05, 0.1) is 38.5 Å². The number of epoxide rings is 1. The normalized spacial score (nSPS) is 18.9. The van der Waals surface area contributed by atoms with Gasteiger partial charge < -0.3 is 35.1 Å². The standard InChI is InChI=1S/C45H67N5O8/c1-31(2)18-21-39(43(54)48-38(27-35-16-12-9-13-17-35)42(53)47-37(26-32(3)4)41(52)45(7)29-58-45)50(30-57-33(5)6)44(55)36(20-19-34-14-10-8-11-15-34)46-40(51)28-49-22-24-56-25-23-49/h8-17,31-33,36-39H,18-30H2,1-7H3,(H,46,51)(H,47,53)(H,48,54)/t36-,37-,38-,39-,45+/m0/s1. The first-order valence-electron chi connectivity index (χ1n) is 21.0. The van der Waals surface area contributed by atoms with Crippen LogP contribution in [0.4, 0.5) is 0 Å². The third-order valence-electron chi connectivity index (χ3n) is 10.5. The maximum Gasteiger partial charge on any atom is 0.247 e. The number of Topliss-reactive ketones (excluding diaryl/α,β-unsaturated/α-hetero) is 1. The first kappa shape index (κ1) is 46.5. The highest BCUT2D eigenvalue weighted by Gasteiger charge is 2.50. The zero-order valence-corrected chi connectivity index (χ0v) is 35.7. The van der Waals surface area contributed by atoms with E-state index in [4.69, 9.17) is 14.2 Å². The van der Waals surface area contributed by atoms with E-state index in [2.05, 4.69) is 16.0 Å². The van der Waals surface area contributed by atoms with Crippen LogP contribution in [0, 0.1) is 11.8 Å². The minimum Gasteiger partial charge on any atom is -0.379 e. The smallest absolute Gasteiger partial charge is 0.247 e. The second-order valence-electron chi connectivity index (χ2n) is 17.0. The molecule has 5 atom stereocenters. The summed E-state index contributed by atoms with van der Waals surface area (Å²) in [6, 6.07) is 15.2. The Balaban J connectivity index is 1.66. The van der Waals surface area contributed by atoms with Crippen LogP contribution in [0.2, 0.25) is 0 Å². The van der Waals surface area contributed by atoms with Crippen molar-refractivity contribution in [3.05, 3.63) is 71.8 Å². The van der Waals surface area contributed by atoms with Crippen molar-refractivity contribution >= 4 is 29.4 Å². The molecule has 13 nitrogen and oxygen atoms in total. The summed E-state index contributed by atoms with van der Waals surface area (Å²) in [5.41, 5.74) is 0.873. The van der Waals surface area contributed by atoms with E-state index < -0.39 is 47.5 Å². The molecule has 0 aromatic heterocycles. The fourth-order valence-electron chi connectivity index (χ4n) is 6.99. The molecule has 13 heteroatoms. The van der Waals surface area contributed by atoms with Gasteiger partial charge in [-0.1, -0.05) is 88.4 Å². The average molecular weight is 806 g/mol. The predicted octanol–water partition coefficient (Wildman–Crippen LogP) is 4.07. The van der Waals surface area contributed by atoms with E-state index in [0.29, 0.717) is 58.6 Å². The lowest BCUT2D eigenvalue weighted by molar-refractivity contribution is -0.152. The average Bonchev–Trinajstić information content (AvgIpc) is 3.95. The number of hydrogen-bond donors (Lipinski definition) is 3. The molecule has 4 rings (SSSR count). The fourth-order valence-corrected chi connectivity index (χ4v) is 6.99. The predicted molar refractivity (Wildman–Crippen MR) is 223 cm³/mol. The van der Waals surface area contributed by atoms with Crippen LogP contribution in [-0.4, -0.2) is 121 Å². The SMILES string of the molecule is CC(C)CC[C@@H](C(=O)N[C@@H](Cc1ccccc1)C(=O)N[C@@H](CC(C)C)C(=O)[C@@]1(C)CO1)N(COC(C)C)C(=O)[C@H](CCc1ccccc1)NC(=O)CN1CCOCC1. The number of benzene rings is 2. The molecular formula is C45H67N5O8. The van der Waals surface area contributed by atoms with E-state index in [9.17, 15) is 24.0 Å². The molecule has 2 saturated heterocycles. The molecule has 0 spiro atoms. The van der Waals surface area contributed by atoms with Crippen molar-refractivity contribution in [1.29, 1.82) is 0 Å². The summed E-state index contributed by atoms with van der Waals surface area (Å²) in [6.45, 7) is 16.0. The molecular weight excluding hydrogens is 739 g/mol. The zero-order chi connectivity index (χ0) is 42.2. The number of carbonyl (C=O) groups is 5. The van der Waals surface area contributed by atoms with Gasteiger partial charge in [0.15, 0.2) is 5.78 Å². The summed E-state index contributed by atoms with van der Waals surface area (Å²) in [5.74, 6) is -1.68. The number of ketones is 1. The van der Waals surface area contributed by atoms with Crippen LogP contribution in [0.3, 0.4) is 0 Å². The van der Waals surface area contributed by atoms with E-state index in [1.165, 1.54) is 4.90 Å². The number of amides is 4. The van der Waals surface area contributed by atoms with Gasteiger partial charge in [-0.15, -0.1) is 0 Å². The van der Waals surface area contributed by atoms with E-state index in [0.717, 1.165) is 11.1 Å². The summed E-state index contributed by atoms with van der Waals surface area (Å²) in [7, 11) is 0. The summed E-state index contributed by atoms with van der Waals surface area (Å²) in [4.78, 5) is 74.5. The molecule has 2 aromatic rings. The van der Waals surface area contributed by atoms with Gasteiger partial charge in [0.2, 0.25) is 23.6 Å². The summed E-state index contributed by atoms with van der Waals surface area (Å²) in [6.07, 6.45) is 1.97. The Bertz CT molecular complexity index is 1610. The number of rotatable bonds is 24. The minimum absolute atomic E-state index is 0.101. The molecule has 0 radical (unpaired) electrons. The van der Waals surface area contributed by atoms with E-state index in [-0.39, 0.29) is 55.7 Å². The van der Waals surface area contributed by atoms with Crippen molar-refractivity contribution in [2.24, 2.45) is 11.8 Å². The van der Waals surface area contributed by atoms with Crippen LogP contribution in [0.15, 0.2) is 60.7 Å². The summed E-state index contributed by atoms with van der Waals surface area (Å²) in [5, 5.41) is 8.98. The summed E-state index contributed by atoms with van der Waals surface area (Å²) >= 11 is 0. The Morgan fingerprint density at radius 2 is 1.36 bits per heavy atom. The molecule has 4 amide bonds. The largest absolute Gasteiger partial charge is 0.379 e. The number of nitrogens with one attached hydrogen (secondary N) is 3. The number of carbonyl (C=O) groups excluding carboxylic acids is 5. The number of morpholine rings is 1. The van der Waals surface area contributed by atoms with Gasteiger partial charge in [-0.25, -0.2) is 0 Å². The van der Waals surface area contributed by atoms with Gasteiger partial charge in [0.25, 0.3) is 0 Å². The lowest BCUT2D eigenvalue weighted by Gasteiger charge is -2.36. The highest BCUT2D eigenvalue weighted by atomic mass is 16.6. The fraction of sp³-hybridized carbons (Fsp3) is 0.622. The lowest BCUT2D eigenvalue weighted by Crippen LogP contribution is -2.60. The van der Waals surface area contributed by atoms with Crippen molar-refractivity contribution in [2.75, 3.05) is 46.2 Å². The summed E-state index contributed by atoms with van der Waals surface area (Å²) < 4.78 is 17.0.